The van der Waals surface area contributed by atoms with Gasteiger partial charge in [-0.3, -0.25) is 9.59 Å². The van der Waals surface area contributed by atoms with Gasteiger partial charge in [-0.1, -0.05) is 36.4 Å². The third-order valence-electron chi connectivity index (χ3n) is 2.67. The Morgan fingerprint density at radius 1 is 1.39 bits per heavy atom. The summed E-state index contributed by atoms with van der Waals surface area (Å²) in [5.74, 6) is -1.44. The van der Waals surface area contributed by atoms with E-state index >= 15 is 0 Å². The molecule has 0 aliphatic carbocycles. The lowest BCUT2D eigenvalue weighted by Crippen LogP contribution is -2.38. The Labute approximate surface area is 106 Å². The van der Waals surface area contributed by atoms with E-state index in [1.54, 1.807) is 6.08 Å². The van der Waals surface area contributed by atoms with E-state index in [0.29, 0.717) is 0 Å². The quantitative estimate of drug-likeness (QED) is 0.755. The van der Waals surface area contributed by atoms with Gasteiger partial charge in [-0.25, -0.2) is 0 Å². The van der Waals surface area contributed by atoms with Crippen molar-refractivity contribution >= 4 is 11.9 Å². The zero-order chi connectivity index (χ0) is 13.5. The van der Waals surface area contributed by atoms with Crippen LogP contribution in [0, 0.1) is 0 Å². The Kier molecular flexibility index (Phi) is 5.11. The van der Waals surface area contributed by atoms with Crippen molar-refractivity contribution in [3.8, 4) is 0 Å². The molecule has 1 amide bonds. The van der Waals surface area contributed by atoms with Crippen LogP contribution in [0.15, 0.2) is 43.0 Å². The second-order valence-corrected chi connectivity index (χ2v) is 4.08. The number of carbonyl (C=O) groups excluding carboxylic acids is 1. The van der Waals surface area contributed by atoms with Crippen LogP contribution in [0.2, 0.25) is 0 Å². The van der Waals surface area contributed by atoms with Gasteiger partial charge in [-0.15, -0.1) is 6.58 Å². The van der Waals surface area contributed by atoms with Crippen molar-refractivity contribution in [1.82, 2.24) is 5.32 Å². The molecular weight excluding hydrogens is 230 g/mol. The molecule has 0 aliphatic heterocycles. The summed E-state index contributed by atoms with van der Waals surface area (Å²) in [6, 6.07) is 8.64. The third kappa shape index (κ3) is 4.05. The largest absolute Gasteiger partial charge is 0.480 e. The van der Waals surface area contributed by atoms with Gasteiger partial charge in [-0.05, 0) is 12.5 Å². The monoisotopic (exact) mass is 247 g/mol. The standard InChI is InChI=1S/C14H17NO3/c1-3-11(12-7-5-4-6-8-12)9-13(16)15-10(2)14(17)18/h3-8,10-11H,1,9H2,2H3,(H,15,16)(H,17,18)/t10-,11?/m1/s1. The fourth-order valence-electron chi connectivity index (χ4n) is 1.60. The first-order chi connectivity index (χ1) is 8.54. The van der Waals surface area contributed by atoms with Crippen LogP contribution in [0.3, 0.4) is 0 Å². The molecule has 0 saturated carbocycles. The van der Waals surface area contributed by atoms with Crippen LogP contribution in [-0.2, 0) is 9.59 Å². The maximum Gasteiger partial charge on any atom is 0.325 e. The van der Waals surface area contributed by atoms with Gasteiger partial charge in [0.15, 0.2) is 0 Å². The molecule has 96 valence electrons. The van der Waals surface area contributed by atoms with Crippen molar-refractivity contribution in [3.05, 3.63) is 48.6 Å². The van der Waals surface area contributed by atoms with Crippen LogP contribution in [0.25, 0.3) is 0 Å². The molecular formula is C14H17NO3. The average molecular weight is 247 g/mol. The predicted molar refractivity (Wildman–Crippen MR) is 69.2 cm³/mol. The number of carboxylic acids is 1. The minimum Gasteiger partial charge on any atom is -0.480 e. The van der Waals surface area contributed by atoms with E-state index in [2.05, 4.69) is 11.9 Å². The zero-order valence-corrected chi connectivity index (χ0v) is 10.3. The maximum absolute atomic E-state index is 11.7. The van der Waals surface area contributed by atoms with Gasteiger partial charge in [0.1, 0.15) is 6.04 Å². The highest BCUT2D eigenvalue weighted by atomic mass is 16.4. The Morgan fingerprint density at radius 3 is 2.50 bits per heavy atom. The number of allylic oxidation sites excluding steroid dienone is 1. The number of amides is 1. The Bertz CT molecular complexity index is 428. The van der Waals surface area contributed by atoms with Crippen molar-refractivity contribution in [2.75, 3.05) is 0 Å². The number of aliphatic carboxylic acids is 1. The van der Waals surface area contributed by atoms with Crippen molar-refractivity contribution in [3.63, 3.8) is 0 Å². The van der Waals surface area contributed by atoms with Crippen LogP contribution in [-0.4, -0.2) is 23.0 Å². The van der Waals surface area contributed by atoms with E-state index in [4.69, 9.17) is 5.11 Å². The summed E-state index contributed by atoms with van der Waals surface area (Å²) in [6.07, 6.45) is 1.89. The molecule has 0 aromatic heterocycles. The summed E-state index contributed by atoms with van der Waals surface area (Å²) in [7, 11) is 0. The first kappa shape index (κ1) is 14.0. The highest BCUT2D eigenvalue weighted by Gasteiger charge is 2.17. The van der Waals surface area contributed by atoms with Gasteiger partial charge in [0, 0.05) is 12.3 Å². The number of rotatable bonds is 6. The van der Waals surface area contributed by atoms with Crippen molar-refractivity contribution in [2.45, 2.75) is 25.3 Å². The van der Waals surface area contributed by atoms with Crippen molar-refractivity contribution in [1.29, 1.82) is 0 Å². The van der Waals surface area contributed by atoms with Crippen LogP contribution in [0.5, 0.6) is 0 Å². The first-order valence-electron chi connectivity index (χ1n) is 5.74. The van der Waals surface area contributed by atoms with E-state index in [9.17, 15) is 9.59 Å². The van der Waals surface area contributed by atoms with E-state index in [1.807, 2.05) is 30.3 Å². The molecule has 4 heteroatoms. The number of carbonyl (C=O) groups is 2. The van der Waals surface area contributed by atoms with Gasteiger partial charge in [0.25, 0.3) is 0 Å². The van der Waals surface area contributed by atoms with Gasteiger partial charge >= 0.3 is 5.97 Å². The topological polar surface area (TPSA) is 66.4 Å². The smallest absolute Gasteiger partial charge is 0.325 e. The second kappa shape index (κ2) is 6.59. The molecule has 4 nitrogen and oxygen atoms in total. The van der Waals surface area contributed by atoms with E-state index in [1.165, 1.54) is 6.92 Å². The molecule has 1 unspecified atom stereocenters. The van der Waals surface area contributed by atoms with Crippen LogP contribution < -0.4 is 5.32 Å². The summed E-state index contributed by atoms with van der Waals surface area (Å²) < 4.78 is 0. The van der Waals surface area contributed by atoms with E-state index < -0.39 is 12.0 Å². The number of hydrogen-bond acceptors (Lipinski definition) is 2. The number of benzene rings is 1. The van der Waals surface area contributed by atoms with Gasteiger partial charge in [0.05, 0.1) is 0 Å². The van der Waals surface area contributed by atoms with Gasteiger partial charge in [-0.2, -0.15) is 0 Å². The lowest BCUT2D eigenvalue weighted by Gasteiger charge is -2.14. The summed E-state index contributed by atoms with van der Waals surface area (Å²) in [5, 5.41) is 11.1. The van der Waals surface area contributed by atoms with E-state index in [0.717, 1.165) is 5.56 Å². The third-order valence-corrected chi connectivity index (χ3v) is 2.67. The summed E-state index contributed by atoms with van der Waals surface area (Å²) >= 11 is 0. The molecule has 0 spiro atoms. The highest BCUT2D eigenvalue weighted by Crippen LogP contribution is 2.20. The number of nitrogens with one attached hydrogen (secondary N) is 1. The maximum atomic E-state index is 11.7. The lowest BCUT2D eigenvalue weighted by molar-refractivity contribution is -0.141. The molecule has 0 saturated heterocycles. The molecule has 1 rings (SSSR count). The lowest BCUT2D eigenvalue weighted by atomic mass is 9.95. The Morgan fingerprint density at radius 2 is 2.00 bits per heavy atom. The zero-order valence-electron chi connectivity index (χ0n) is 10.3. The summed E-state index contributed by atoms with van der Waals surface area (Å²) in [4.78, 5) is 22.3. The molecule has 0 bridgehead atoms. The fraction of sp³-hybridized carbons (Fsp3) is 0.286. The van der Waals surface area contributed by atoms with Crippen molar-refractivity contribution in [2.24, 2.45) is 0 Å². The highest BCUT2D eigenvalue weighted by molar-refractivity contribution is 5.83. The minimum atomic E-state index is -1.04. The molecule has 1 aromatic carbocycles. The number of carboxylic acid groups (broad SMARTS) is 1. The van der Waals surface area contributed by atoms with Crippen LogP contribution >= 0.6 is 0 Å². The molecule has 0 radical (unpaired) electrons. The molecule has 2 N–H and O–H groups in total. The minimum absolute atomic E-state index is 0.104. The second-order valence-electron chi connectivity index (χ2n) is 4.08. The Hall–Kier alpha value is -2.10. The Balaban J connectivity index is 2.62. The van der Waals surface area contributed by atoms with E-state index in [-0.39, 0.29) is 18.2 Å². The first-order valence-corrected chi connectivity index (χ1v) is 5.74. The van der Waals surface area contributed by atoms with Gasteiger partial charge in [0.2, 0.25) is 5.91 Å². The average Bonchev–Trinajstić information content (AvgIpc) is 2.36. The SMILES string of the molecule is C=CC(CC(=O)N[C@H](C)C(=O)O)c1ccccc1. The van der Waals surface area contributed by atoms with Crippen molar-refractivity contribution < 1.29 is 14.7 Å². The molecule has 1 aromatic rings. The molecule has 0 fully saturated rings. The molecule has 0 aliphatic rings. The molecule has 2 atom stereocenters. The molecule has 0 heterocycles. The van der Waals surface area contributed by atoms with Crippen LogP contribution in [0.4, 0.5) is 0 Å². The van der Waals surface area contributed by atoms with Crippen LogP contribution in [0.1, 0.15) is 24.8 Å². The molecule has 18 heavy (non-hydrogen) atoms. The normalized spacial score (nSPS) is 13.4. The number of hydrogen-bond donors (Lipinski definition) is 2. The fourth-order valence-corrected chi connectivity index (χ4v) is 1.60. The van der Waals surface area contributed by atoms with Gasteiger partial charge < -0.3 is 10.4 Å². The summed E-state index contributed by atoms with van der Waals surface area (Å²) in [5.41, 5.74) is 0.991. The summed E-state index contributed by atoms with van der Waals surface area (Å²) in [6.45, 7) is 5.14. The predicted octanol–water partition coefficient (Wildman–Crippen LogP) is 1.94.